The van der Waals surface area contributed by atoms with Gasteiger partial charge in [0.25, 0.3) is 5.91 Å². The first-order chi connectivity index (χ1) is 7.06. The molecule has 1 rings (SSSR count). The smallest absolute Gasteiger partial charge is 0.323 e. The molecule has 1 aliphatic rings. The molecule has 1 fully saturated rings. The second kappa shape index (κ2) is 5.09. The number of hydrogen-bond donors (Lipinski definition) is 1. The van der Waals surface area contributed by atoms with Crippen molar-refractivity contribution in [2.45, 2.75) is 6.92 Å². The molecule has 1 N–H and O–H groups in total. The summed E-state index contributed by atoms with van der Waals surface area (Å²) in [5.74, 6) is -1.41. The van der Waals surface area contributed by atoms with Crippen LogP contribution in [0.2, 0.25) is 0 Å². The van der Waals surface area contributed by atoms with E-state index in [1.165, 1.54) is 0 Å². The maximum atomic E-state index is 11.6. The quantitative estimate of drug-likeness (QED) is 0.599. The van der Waals surface area contributed by atoms with Gasteiger partial charge in [-0.25, -0.2) is 0 Å². The maximum absolute atomic E-state index is 11.6. The van der Waals surface area contributed by atoms with E-state index in [9.17, 15) is 9.59 Å². The van der Waals surface area contributed by atoms with Crippen molar-refractivity contribution in [2.24, 2.45) is 0 Å². The number of carboxylic acid groups (broad SMARTS) is 1. The van der Waals surface area contributed by atoms with E-state index in [2.05, 4.69) is 0 Å². The van der Waals surface area contributed by atoms with E-state index in [0.29, 0.717) is 4.91 Å². The highest BCUT2D eigenvalue weighted by Crippen LogP contribution is 2.30. The first kappa shape index (κ1) is 11.9. The molecule has 0 bridgehead atoms. The van der Waals surface area contributed by atoms with Gasteiger partial charge >= 0.3 is 5.97 Å². The summed E-state index contributed by atoms with van der Waals surface area (Å²) in [5.41, 5.74) is 0. The molecule has 0 radical (unpaired) electrons. The Hall–Kier alpha value is -1.14. The Balaban J connectivity index is 2.83. The Morgan fingerprint density at radius 2 is 2.33 bits per heavy atom. The molecule has 1 heterocycles. The summed E-state index contributed by atoms with van der Waals surface area (Å²) in [7, 11) is 0. The van der Waals surface area contributed by atoms with E-state index < -0.39 is 5.97 Å². The zero-order valence-corrected chi connectivity index (χ0v) is 9.60. The van der Waals surface area contributed by atoms with Crippen LogP contribution in [-0.4, -0.2) is 32.7 Å². The van der Waals surface area contributed by atoms with Crippen molar-refractivity contribution < 1.29 is 14.7 Å². The van der Waals surface area contributed by atoms with Gasteiger partial charge in [-0.3, -0.25) is 14.5 Å². The number of thioether (sulfide) groups is 1. The summed E-state index contributed by atoms with van der Waals surface area (Å²) in [5, 5.41) is 8.58. The third kappa shape index (κ3) is 2.90. The Morgan fingerprint density at radius 1 is 1.67 bits per heavy atom. The van der Waals surface area contributed by atoms with Crippen LogP contribution < -0.4 is 0 Å². The minimum atomic E-state index is -1.07. The number of hydrogen-bond acceptors (Lipinski definition) is 4. The van der Waals surface area contributed by atoms with Crippen LogP contribution in [-0.2, 0) is 9.59 Å². The molecule has 80 valence electrons. The highest BCUT2D eigenvalue weighted by atomic mass is 32.2. The highest BCUT2D eigenvalue weighted by molar-refractivity contribution is 8.26. The normalized spacial score (nSPS) is 19.5. The summed E-state index contributed by atoms with van der Waals surface area (Å²) >= 11 is 6.02. The fourth-order valence-corrected chi connectivity index (χ4v) is 2.18. The molecule has 0 aromatic carbocycles. The van der Waals surface area contributed by atoms with Crippen molar-refractivity contribution in [3.63, 3.8) is 0 Å². The second-order valence-electron chi connectivity index (χ2n) is 2.71. The molecule has 1 amide bonds. The summed E-state index contributed by atoms with van der Waals surface area (Å²) < 4.78 is 0.290. The summed E-state index contributed by atoms with van der Waals surface area (Å²) in [6.45, 7) is 1.45. The van der Waals surface area contributed by atoms with Crippen LogP contribution in [0.5, 0.6) is 0 Å². The van der Waals surface area contributed by atoms with Crippen molar-refractivity contribution in [1.29, 1.82) is 0 Å². The number of amides is 1. The van der Waals surface area contributed by atoms with E-state index in [0.717, 1.165) is 16.7 Å². The van der Waals surface area contributed by atoms with Gasteiger partial charge in [0.1, 0.15) is 10.9 Å². The van der Waals surface area contributed by atoms with Crippen molar-refractivity contribution in [3.05, 3.63) is 23.1 Å². The van der Waals surface area contributed by atoms with Gasteiger partial charge in [-0.1, -0.05) is 36.1 Å². The molecule has 0 spiro atoms. The number of nitrogens with zero attached hydrogens (tertiary/aromatic N) is 1. The third-order valence-corrected chi connectivity index (χ3v) is 3.00. The van der Waals surface area contributed by atoms with Crippen LogP contribution in [0.3, 0.4) is 0 Å². The minimum Gasteiger partial charge on any atom is -0.480 e. The Kier molecular flexibility index (Phi) is 4.05. The topological polar surface area (TPSA) is 57.6 Å². The van der Waals surface area contributed by atoms with Gasteiger partial charge in [0, 0.05) is 0 Å². The standard InChI is InChI=1S/C9H9NO3S2/c1-2-3-4-6-8(13)10(5-7(11)12)9(14)15-6/h2-4H,5H2,1H3,(H,11,12)/b3-2+,6-4-. The van der Waals surface area contributed by atoms with Crippen LogP contribution in [0, 0.1) is 0 Å². The van der Waals surface area contributed by atoms with Crippen LogP contribution in [0.1, 0.15) is 6.92 Å². The van der Waals surface area contributed by atoms with Crippen molar-refractivity contribution in [1.82, 2.24) is 4.90 Å². The Morgan fingerprint density at radius 3 is 2.87 bits per heavy atom. The highest BCUT2D eigenvalue weighted by Gasteiger charge is 2.32. The third-order valence-electron chi connectivity index (χ3n) is 1.61. The average Bonchev–Trinajstić information content (AvgIpc) is 2.42. The largest absolute Gasteiger partial charge is 0.480 e. The lowest BCUT2D eigenvalue weighted by molar-refractivity contribution is -0.140. The van der Waals surface area contributed by atoms with Crippen LogP contribution in [0.25, 0.3) is 0 Å². The lowest BCUT2D eigenvalue weighted by Gasteiger charge is -2.09. The van der Waals surface area contributed by atoms with E-state index >= 15 is 0 Å². The van der Waals surface area contributed by atoms with Crippen LogP contribution >= 0.6 is 24.0 Å². The number of aliphatic carboxylic acids is 1. The molecule has 0 unspecified atom stereocenters. The van der Waals surface area contributed by atoms with Crippen molar-refractivity contribution >= 4 is 40.2 Å². The first-order valence-electron chi connectivity index (χ1n) is 4.14. The average molecular weight is 243 g/mol. The number of carbonyl (C=O) groups is 2. The number of thiocarbonyl (C=S) groups is 1. The molecule has 15 heavy (non-hydrogen) atoms. The number of carboxylic acids is 1. The number of carbonyl (C=O) groups excluding carboxylic acids is 1. The zero-order chi connectivity index (χ0) is 11.4. The molecule has 4 nitrogen and oxygen atoms in total. The minimum absolute atomic E-state index is 0.290. The van der Waals surface area contributed by atoms with Crippen molar-refractivity contribution in [3.8, 4) is 0 Å². The predicted molar refractivity (Wildman–Crippen MR) is 62.4 cm³/mol. The fraction of sp³-hybridized carbons (Fsp3) is 0.222. The molecule has 1 saturated heterocycles. The summed E-state index contributed by atoms with van der Waals surface area (Å²) in [6.07, 6.45) is 5.12. The lowest BCUT2D eigenvalue weighted by atomic mass is 10.4. The zero-order valence-electron chi connectivity index (χ0n) is 7.97. The molecular weight excluding hydrogens is 234 g/mol. The van der Waals surface area contributed by atoms with Gasteiger partial charge in [-0.2, -0.15) is 0 Å². The SMILES string of the molecule is C/C=C/C=C1\SC(=S)N(CC(=O)O)C1=O. The summed E-state index contributed by atoms with van der Waals surface area (Å²) in [6, 6.07) is 0. The Labute approximate surface area is 96.6 Å². The van der Waals surface area contributed by atoms with Crippen LogP contribution in [0.15, 0.2) is 23.1 Å². The van der Waals surface area contributed by atoms with Crippen LogP contribution in [0.4, 0.5) is 0 Å². The predicted octanol–water partition coefficient (Wildman–Crippen LogP) is 1.39. The van der Waals surface area contributed by atoms with Gasteiger partial charge in [-0.05, 0) is 13.0 Å². The molecule has 0 aromatic rings. The molecule has 0 aromatic heterocycles. The first-order valence-corrected chi connectivity index (χ1v) is 5.37. The second-order valence-corrected chi connectivity index (χ2v) is 4.39. The van der Waals surface area contributed by atoms with Gasteiger partial charge in [0.2, 0.25) is 0 Å². The van der Waals surface area contributed by atoms with Gasteiger partial charge < -0.3 is 5.11 Å². The fourth-order valence-electron chi connectivity index (χ4n) is 0.969. The van der Waals surface area contributed by atoms with E-state index in [1.807, 2.05) is 6.92 Å². The molecule has 0 atom stereocenters. The number of allylic oxidation sites excluding steroid dienone is 3. The lowest BCUT2D eigenvalue weighted by Crippen LogP contribution is -2.33. The molecule has 6 heteroatoms. The molecule has 0 saturated carbocycles. The van der Waals surface area contributed by atoms with E-state index in [1.54, 1.807) is 18.2 Å². The number of rotatable bonds is 3. The van der Waals surface area contributed by atoms with E-state index in [-0.39, 0.29) is 16.8 Å². The molecule has 0 aliphatic carbocycles. The van der Waals surface area contributed by atoms with Gasteiger partial charge in [-0.15, -0.1) is 0 Å². The monoisotopic (exact) mass is 243 g/mol. The van der Waals surface area contributed by atoms with Gasteiger partial charge in [0.05, 0.1) is 4.91 Å². The van der Waals surface area contributed by atoms with Gasteiger partial charge in [0.15, 0.2) is 0 Å². The van der Waals surface area contributed by atoms with E-state index in [4.69, 9.17) is 17.3 Å². The summed E-state index contributed by atoms with van der Waals surface area (Å²) in [4.78, 5) is 23.6. The van der Waals surface area contributed by atoms with Crippen molar-refractivity contribution in [2.75, 3.05) is 6.54 Å². The molecular formula is C9H9NO3S2. The Bertz CT molecular complexity index is 374. The maximum Gasteiger partial charge on any atom is 0.323 e. The molecule has 1 aliphatic heterocycles.